The first kappa shape index (κ1) is 18.3. The van der Waals surface area contributed by atoms with Crippen LogP contribution in [0.5, 0.6) is 0 Å². The molecule has 3 aromatic heterocycles. The van der Waals surface area contributed by atoms with Crippen LogP contribution in [0.2, 0.25) is 0 Å². The van der Waals surface area contributed by atoms with Crippen LogP contribution < -0.4 is 0 Å². The molecule has 0 N–H and O–H groups in total. The SMILES string of the molecule is O=C(CCCc1cccs1)N1CCC(c2nc(-c3ccncc3)cs2)CC1. The molecule has 0 aliphatic carbocycles. The molecule has 4 nitrogen and oxygen atoms in total. The summed E-state index contributed by atoms with van der Waals surface area (Å²) in [6, 6.07) is 8.22. The Bertz CT molecular complexity index is 853. The summed E-state index contributed by atoms with van der Waals surface area (Å²) in [6.45, 7) is 1.71. The maximum atomic E-state index is 12.5. The summed E-state index contributed by atoms with van der Waals surface area (Å²) < 4.78 is 0. The van der Waals surface area contributed by atoms with Crippen molar-refractivity contribution in [1.82, 2.24) is 14.9 Å². The first-order valence-electron chi connectivity index (χ1n) is 9.45. The number of rotatable bonds is 6. The summed E-state index contributed by atoms with van der Waals surface area (Å²) in [6.07, 6.45) is 8.25. The largest absolute Gasteiger partial charge is 0.343 e. The lowest BCUT2D eigenvalue weighted by Crippen LogP contribution is -2.37. The zero-order chi connectivity index (χ0) is 18.5. The van der Waals surface area contributed by atoms with Crippen LogP contribution in [0.4, 0.5) is 0 Å². The van der Waals surface area contributed by atoms with Gasteiger partial charge in [-0.25, -0.2) is 4.98 Å². The monoisotopic (exact) mass is 397 g/mol. The molecule has 0 radical (unpaired) electrons. The van der Waals surface area contributed by atoms with Crippen molar-refractivity contribution in [3.8, 4) is 11.3 Å². The first-order valence-corrected chi connectivity index (χ1v) is 11.2. The average molecular weight is 398 g/mol. The van der Waals surface area contributed by atoms with E-state index in [4.69, 9.17) is 4.98 Å². The van der Waals surface area contributed by atoms with Crippen LogP contribution >= 0.6 is 22.7 Å². The van der Waals surface area contributed by atoms with Crippen molar-refractivity contribution >= 4 is 28.6 Å². The van der Waals surface area contributed by atoms with E-state index in [2.05, 4.69) is 27.9 Å². The molecule has 4 heterocycles. The third kappa shape index (κ3) is 4.62. The Hall–Kier alpha value is -2.05. The molecular formula is C21H23N3OS2. The third-order valence-corrected chi connectivity index (χ3v) is 7.03. The van der Waals surface area contributed by atoms with E-state index in [0.717, 1.165) is 50.0 Å². The van der Waals surface area contributed by atoms with Gasteiger partial charge in [0.05, 0.1) is 10.7 Å². The van der Waals surface area contributed by atoms with Gasteiger partial charge in [-0.15, -0.1) is 22.7 Å². The molecule has 0 spiro atoms. The fourth-order valence-electron chi connectivity index (χ4n) is 3.53. The lowest BCUT2D eigenvalue weighted by Gasteiger charge is -2.31. The van der Waals surface area contributed by atoms with Crippen molar-refractivity contribution in [2.24, 2.45) is 0 Å². The molecular weight excluding hydrogens is 374 g/mol. The number of aryl methyl sites for hydroxylation is 1. The maximum absolute atomic E-state index is 12.5. The lowest BCUT2D eigenvalue weighted by molar-refractivity contribution is -0.132. The molecule has 4 rings (SSSR count). The topological polar surface area (TPSA) is 46.1 Å². The number of amides is 1. The summed E-state index contributed by atoms with van der Waals surface area (Å²) >= 11 is 3.51. The molecule has 6 heteroatoms. The van der Waals surface area contributed by atoms with E-state index in [0.29, 0.717) is 18.2 Å². The van der Waals surface area contributed by atoms with Crippen molar-refractivity contribution in [2.45, 2.75) is 38.0 Å². The van der Waals surface area contributed by atoms with E-state index in [9.17, 15) is 4.79 Å². The van der Waals surface area contributed by atoms with Gasteiger partial charge in [0.2, 0.25) is 5.91 Å². The number of hydrogen-bond acceptors (Lipinski definition) is 5. The van der Waals surface area contributed by atoms with E-state index in [1.807, 2.05) is 17.0 Å². The molecule has 27 heavy (non-hydrogen) atoms. The zero-order valence-corrected chi connectivity index (χ0v) is 16.8. The van der Waals surface area contributed by atoms with Crippen molar-refractivity contribution in [2.75, 3.05) is 13.1 Å². The molecule has 1 saturated heterocycles. The molecule has 1 fully saturated rings. The fraction of sp³-hybridized carbons (Fsp3) is 0.381. The molecule has 1 aliphatic rings. The number of carbonyl (C=O) groups excluding carboxylic acids is 1. The molecule has 3 aromatic rings. The standard InChI is InChI=1S/C21H23N3OS2/c25-20(5-1-3-18-4-2-14-26-18)24-12-8-17(9-13-24)21-23-19(15-27-21)16-6-10-22-11-7-16/h2,4,6-7,10-11,14-15,17H,1,3,5,8-9,12-13H2. The van der Waals surface area contributed by atoms with E-state index in [1.54, 1.807) is 35.1 Å². The smallest absolute Gasteiger partial charge is 0.222 e. The Morgan fingerprint density at radius 3 is 2.70 bits per heavy atom. The fourth-order valence-corrected chi connectivity index (χ4v) is 5.28. The number of piperidine rings is 1. The van der Waals surface area contributed by atoms with Crippen molar-refractivity contribution < 1.29 is 4.79 Å². The van der Waals surface area contributed by atoms with Crippen molar-refractivity contribution in [3.05, 3.63) is 57.3 Å². The lowest BCUT2D eigenvalue weighted by atomic mass is 9.97. The third-order valence-electron chi connectivity index (χ3n) is 5.09. The van der Waals surface area contributed by atoms with Gasteiger partial charge in [0.1, 0.15) is 0 Å². The highest BCUT2D eigenvalue weighted by Gasteiger charge is 2.25. The van der Waals surface area contributed by atoms with Crippen LogP contribution in [-0.2, 0) is 11.2 Å². The minimum absolute atomic E-state index is 0.307. The van der Waals surface area contributed by atoms with Gasteiger partial charge in [-0.05, 0) is 49.3 Å². The minimum atomic E-state index is 0.307. The van der Waals surface area contributed by atoms with Gasteiger partial charge in [-0.2, -0.15) is 0 Å². The molecule has 0 unspecified atom stereocenters. The second-order valence-electron chi connectivity index (χ2n) is 6.89. The molecule has 1 aliphatic heterocycles. The number of pyridine rings is 1. The molecule has 1 amide bonds. The van der Waals surface area contributed by atoms with Gasteiger partial charge in [-0.3, -0.25) is 9.78 Å². The molecule has 0 saturated carbocycles. The van der Waals surface area contributed by atoms with Gasteiger partial charge in [0.15, 0.2) is 0 Å². The summed E-state index contributed by atoms with van der Waals surface area (Å²) in [5.74, 6) is 0.780. The number of thiazole rings is 1. The van der Waals surface area contributed by atoms with E-state index < -0.39 is 0 Å². The molecule has 0 atom stereocenters. The quantitative estimate of drug-likeness (QED) is 0.588. The summed E-state index contributed by atoms with van der Waals surface area (Å²) in [5.41, 5.74) is 2.15. The normalized spacial score (nSPS) is 15.2. The summed E-state index contributed by atoms with van der Waals surface area (Å²) in [4.78, 5) is 24.8. The number of aromatic nitrogens is 2. The first-order chi connectivity index (χ1) is 13.3. The number of nitrogens with zero attached hydrogens (tertiary/aromatic N) is 3. The molecule has 140 valence electrons. The summed E-state index contributed by atoms with van der Waals surface area (Å²) in [5, 5.41) is 5.43. The van der Waals surface area contributed by atoms with Crippen LogP contribution in [0.1, 0.15) is 41.5 Å². The molecule has 0 aromatic carbocycles. The van der Waals surface area contributed by atoms with Crippen molar-refractivity contribution in [3.63, 3.8) is 0 Å². The minimum Gasteiger partial charge on any atom is -0.343 e. The predicted octanol–water partition coefficient (Wildman–Crippen LogP) is 5.00. The summed E-state index contributed by atoms with van der Waals surface area (Å²) in [7, 11) is 0. The highest BCUT2D eigenvalue weighted by molar-refractivity contribution is 7.10. The van der Waals surface area contributed by atoms with Crippen molar-refractivity contribution in [1.29, 1.82) is 0 Å². The average Bonchev–Trinajstić information content (AvgIpc) is 3.41. The van der Waals surface area contributed by atoms with Crippen LogP contribution in [0.15, 0.2) is 47.4 Å². The second-order valence-corrected chi connectivity index (χ2v) is 8.82. The van der Waals surface area contributed by atoms with E-state index in [1.165, 1.54) is 9.88 Å². The van der Waals surface area contributed by atoms with E-state index in [-0.39, 0.29) is 0 Å². The van der Waals surface area contributed by atoms with Gasteiger partial charge in [0.25, 0.3) is 0 Å². The van der Waals surface area contributed by atoms with Crippen LogP contribution in [0.25, 0.3) is 11.3 Å². The Kier molecular flexibility index (Phi) is 5.94. The van der Waals surface area contributed by atoms with Gasteiger partial charge in [-0.1, -0.05) is 6.07 Å². The Morgan fingerprint density at radius 1 is 1.15 bits per heavy atom. The highest BCUT2D eigenvalue weighted by atomic mass is 32.1. The number of carbonyl (C=O) groups is 1. The van der Waals surface area contributed by atoms with E-state index >= 15 is 0 Å². The maximum Gasteiger partial charge on any atom is 0.222 e. The van der Waals surface area contributed by atoms with Crippen LogP contribution in [0.3, 0.4) is 0 Å². The predicted molar refractivity (Wildman–Crippen MR) is 111 cm³/mol. The van der Waals surface area contributed by atoms with Gasteiger partial charge < -0.3 is 4.90 Å². The van der Waals surface area contributed by atoms with Gasteiger partial charge in [0, 0.05) is 53.6 Å². The highest BCUT2D eigenvalue weighted by Crippen LogP contribution is 2.33. The van der Waals surface area contributed by atoms with Crippen LogP contribution in [0, 0.1) is 0 Å². The molecule has 0 bridgehead atoms. The van der Waals surface area contributed by atoms with Gasteiger partial charge >= 0.3 is 0 Å². The second kappa shape index (κ2) is 8.76. The Labute approximate surface area is 167 Å². The number of hydrogen-bond donors (Lipinski definition) is 0. The number of thiophene rings is 1. The zero-order valence-electron chi connectivity index (χ0n) is 15.2. The Morgan fingerprint density at radius 2 is 1.96 bits per heavy atom. The van der Waals surface area contributed by atoms with Crippen LogP contribution in [-0.4, -0.2) is 33.9 Å². The Balaban J connectivity index is 1.26. The number of likely N-dealkylation sites (tertiary alicyclic amines) is 1.